The van der Waals surface area contributed by atoms with Crippen LogP contribution in [0.5, 0.6) is 0 Å². The van der Waals surface area contributed by atoms with Crippen molar-refractivity contribution in [3.8, 4) is 0 Å². The van der Waals surface area contributed by atoms with Crippen LogP contribution in [-0.2, 0) is 16.3 Å². The first-order valence-electron chi connectivity index (χ1n) is 6.44. The fraction of sp³-hybridized carbons (Fsp3) is 0.400. The van der Waals surface area contributed by atoms with Crippen molar-refractivity contribution in [2.24, 2.45) is 0 Å². The molecular formula is C15H18N3O. The van der Waals surface area contributed by atoms with Gasteiger partial charge in [-0.3, -0.25) is 0 Å². The van der Waals surface area contributed by atoms with Crippen LogP contribution in [0, 0.1) is 0 Å². The molecule has 0 atom stereocenters. The molecule has 0 saturated heterocycles. The molecule has 1 aliphatic heterocycles. The summed E-state index contributed by atoms with van der Waals surface area (Å²) < 4.78 is 0. The van der Waals surface area contributed by atoms with Gasteiger partial charge in [0.25, 0.3) is 0 Å². The number of nitrogens with two attached hydrogens (primary N) is 1. The van der Waals surface area contributed by atoms with Crippen molar-refractivity contribution < 1.29 is 5.21 Å². The van der Waals surface area contributed by atoms with E-state index in [1.165, 1.54) is 0 Å². The van der Waals surface area contributed by atoms with Gasteiger partial charge in [0.15, 0.2) is 0 Å². The zero-order valence-corrected chi connectivity index (χ0v) is 11.7. The molecule has 2 heterocycles. The van der Waals surface area contributed by atoms with Gasteiger partial charge in [-0.2, -0.15) is 0 Å². The number of pyridine rings is 1. The Hall–Kier alpha value is -1.65. The number of anilines is 1. The lowest BCUT2D eigenvalue weighted by Crippen LogP contribution is -2.41. The lowest BCUT2D eigenvalue weighted by molar-refractivity contribution is -0.265. The van der Waals surface area contributed by atoms with E-state index in [1.807, 2.05) is 52.0 Å². The summed E-state index contributed by atoms with van der Waals surface area (Å²) in [5.74, 6) is 0.463. The molecule has 1 aromatic heterocycles. The van der Waals surface area contributed by atoms with Gasteiger partial charge < -0.3 is 5.73 Å². The topological polar surface area (TPSA) is 62.0 Å². The summed E-state index contributed by atoms with van der Waals surface area (Å²) in [5, 5.41) is 14.8. The molecule has 19 heavy (non-hydrogen) atoms. The van der Waals surface area contributed by atoms with Gasteiger partial charge in [0.1, 0.15) is 5.82 Å². The van der Waals surface area contributed by atoms with Gasteiger partial charge in [-0.1, -0.05) is 18.2 Å². The first-order valence-corrected chi connectivity index (χ1v) is 6.44. The first kappa shape index (κ1) is 12.4. The molecule has 0 unspecified atom stereocenters. The van der Waals surface area contributed by atoms with Crippen molar-refractivity contribution in [2.75, 3.05) is 5.73 Å². The second-order valence-corrected chi connectivity index (χ2v) is 6.18. The maximum absolute atomic E-state index is 12.6. The minimum Gasteiger partial charge on any atom is -0.383 e. The van der Waals surface area contributed by atoms with Crippen molar-refractivity contribution in [3.63, 3.8) is 0 Å². The molecule has 0 aliphatic carbocycles. The van der Waals surface area contributed by atoms with E-state index in [0.717, 1.165) is 27.1 Å². The fourth-order valence-corrected chi connectivity index (χ4v) is 3.39. The summed E-state index contributed by atoms with van der Waals surface area (Å²) in [6.45, 7) is 7.69. The van der Waals surface area contributed by atoms with Gasteiger partial charge in [0, 0.05) is 10.9 Å². The Morgan fingerprint density at radius 1 is 1.05 bits per heavy atom. The van der Waals surface area contributed by atoms with Crippen molar-refractivity contribution in [1.82, 2.24) is 10.0 Å². The Balaban J connectivity index is 2.52. The van der Waals surface area contributed by atoms with Crippen LogP contribution in [0.3, 0.4) is 0 Å². The van der Waals surface area contributed by atoms with Crippen LogP contribution in [0.1, 0.15) is 38.8 Å². The average molecular weight is 256 g/mol. The van der Waals surface area contributed by atoms with Crippen LogP contribution >= 0.6 is 0 Å². The number of aromatic nitrogens is 1. The predicted octanol–water partition coefficient (Wildman–Crippen LogP) is 2.95. The second-order valence-electron chi connectivity index (χ2n) is 6.18. The Morgan fingerprint density at radius 2 is 1.63 bits per heavy atom. The van der Waals surface area contributed by atoms with Gasteiger partial charge in [-0.15, -0.1) is 10.3 Å². The molecule has 99 valence electrons. The van der Waals surface area contributed by atoms with Crippen LogP contribution in [0.25, 0.3) is 10.9 Å². The molecule has 1 aliphatic rings. The van der Waals surface area contributed by atoms with E-state index in [4.69, 9.17) is 5.73 Å². The molecule has 0 amide bonds. The third kappa shape index (κ3) is 1.38. The number of rotatable bonds is 0. The minimum absolute atomic E-state index is 0.463. The smallest absolute Gasteiger partial charge is 0.129 e. The molecule has 0 fully saturated rings. The van der Waals surface area contributed by atoms with E-state index in [-0.39, 0.29) is 0 Å². The molecule has 1 radical (unpaired) electrons. The predicted molar refractivity (Wildman–Crippen MR) is 74.7 cm³/mol. The maximum atomic E-state index is 12.6. The largest absolute Gasteiger partial charge is 0.383 e. The number of para-hydroxylation sites is 1. The van der Waals surface area contributed by atoms with Gasteiger partial charge in [0.05, 0.1) is 16.6 Å². The Labute approximate surface area is 112 Å². The van der Waals surface area contributed by atoms with Crippen molar-refractivity contribution in [2.45, 2.75) is 38.8 Å². The zero-order chi connectivity index (χ0) is 14.0. The molecule has 1 aromatic carbocycles. The molecule has 0 spiro atoms. The standard InChI is InChI=1S/C15H18N3O/c1-14(2)11-9-7-5-6-8-10(9)17-13(16)12(11)15(3,4)18(14)19/h5-8H,1-4H3,(H2,16,17). The first-order chi connectivity index (χ1) is 8.78. The van der Waals surface area contributed by atoms with Crippen LogP contribution in [-0.4, -0.2) is 10.0 Å². The minimum atomic E-state index is -0.653. The van der Waals surface area contributed by atoms with E-state index in [0.29, 0.717) is 5.82 Å². The lowest BCUT2D eigenvalue weighted by atomic mass is 9.88. The van der Waals surface area contributed by atoms with E-state index < -0.39 is 11.1 Å². The summed E-state index contributed by atoms with van der Waals surface area (Å²) in [6.07, 6.45) is 0. The van der Waals surface area contributed by atoms with Crippen molar-refractivity contribution in [3.05, 3.63) is 35.4 Å². The number of fused-ring (bicyclic) bond motifs is 3. The fourth-order valence-electron chi connectivity index (χ4n) is 3.39. The summed E-state index contributed by atoms with van der Waals surface area (Å²) in [4.78, 5) is 4.46. The van der Waals surface area contributed by atoms with Crippen LogP contribution in [0.4, 0.5) is 5.82 Å². The normalized spacial score (nSPS) is 20.7. The highest BCUT2D eigenvalue weighted by Crippen LogP contribution is 2.52. The SMILES string of the molecule is CC1(C)c2c(N)nc3ccccc3c2C(C)(C)N1[O]. The highest BCUT2D eigenvalue weighted by atomic mass is 16.5. The van der Waals surface area contributed by atoms with Gasteiger partial charge in [-0.05, 0) is 39.3 Å². The van der Waals surface area contributed by atoms with Crippen LogP contribution in [0.15, 0.2) is 24.3 Å². The number of nitrogens with zero attached hydrogens (tertiary/aromatic N) is 2. The average Bonchev–Trinajstić information content (AvgIpc) is 2.48. The number of nitrogen functional groups attached to an aromatic ring is 1. The van der Waals surface area contributed by atoms with E-state index in [1.54, 1.807) is 0 Å². The van der Waals surface area contributed by atoms with Crippen LogP contribution in [0.2, 0.25) is 0 Å². The molecule has 2 N–H and O–H groups in total. The quantitative estimate of drug-likeness (QED) is 0.788. The van der Waals surface area contributed by atoms with Crippen LogP contribution < -0.4 is 5.73 Å². The van der Waals surface area contributed by atoms with Crippen molar-refractivity contribution in [1.29, 1.82) is 0 Å². The number of hydrogen-bond donors (Lipinski definition) is 1. The number of benzene rings is 1. The summed E-state index contributed by atoms with van der Waals surface area (Å²) in [7, 11) is 0. The van der Waals surface area contributed by atoms with Crippen molar-refractivity contribution >= 4 is 16.7 Å². The monoisotopic (exact) mass is 256 g/mol. The highest BCUT2D eigenvalue weighted by molar-refractivity contribution is 5.88. The summed E-state index contributed by atoms with van der Waals surface area (Å²) >= 11 is 0. The molecule has 0 bridgehead atoms. The molecule has 3 rings (SSSR count). The van der Waals surface area contributed by atoms with Gasteiger partial charge in [0.2, 0.25) is 0 Å². The molecule has 2 aromatic rings. The lowest BCUT2D eigenvalue weighted by Gasteiger charge is -2.32. The molecular weight excluding hydrogens is 238 g/mol. The van der Waals surface area contributed by atoms with Gasteiger partial charge >= 0.3 is 0 Å². The molecule has 0 saturated carbocycles. The summed E-state index contributed by atoms with van der Waals surface area (Å²) in [5.41, 5.74) is 7.59. The summed E-state index contributed by atoms with van der Waals surface area (Å²) in [6, 6.07) is 7.85. The number of hydroxylamine groups is 2. The second kappa shape index (κ2) is 3.46. The third-order valence-electron chi connectivity index (χ3n) is 4.16. The highest BCUT2D eigenvalue weighted by Gasteiger charge is 2.52. The molecule has 4 nitrogen and oxygen atoms in total. The Bertz CT molecular complexity index is 676. The van der Waals surface area contributed by atoms with E-state index >= 15 is 0 Å². The molecule has 4 heteroatoms. The Kier molecular flexibility index (Phi) is 2.26. The van der Waals surface area contributed by atoms with E-state index in [9.17, 15) is 5.21 Å². The number of hydrogen-bond acceptors (Lipinski definition) is 3. The zero-order valence-electron chi connectivity index (χ0n) is 11.7. The van der Waals surface area contributed by atoms with Gasteiger partial charge in [-0.25, -0.2) is 4.98 Å². The Morgan fingerprint density at radius 3 is 2.32 bits per heavy atom. The third-order valence-corrected chi connectivity index (χ3v) is 4.16. The van der Waals surface area contributed by atoms with E-state index in [2.05, 4.69) is 4.98 Å². The maximum Gasteiger partial charge on any atom is 0.129 e.